The Kier molecular flexibility index (Phi) is 4.83. The second-order valence-electron chi connectivity index (χ2n) is 6.10. The molecular formula is C16H25N5. The number of hydrogen-bond donors (Lipinski definition) is 3. The van der Waals surface area contributed by atoms with E-state index in [1.165, 1.54) is 10.9 Å². The Morgan fingerprint density at radius 2 is 2.19 bits per heavy atom. The van der Waals surface area contributed by atoms with Gasteiger partial charge in [0.1, 0.15) is 5.65 Å². The zero-order valence-electron chi connectivity index (χ0n) is 13.3. The second kappa shape index (κ2) is 6.61. The van der Waals surface area contributed by atoms with Gasteiger partial charge in [0.25, 0.3) is 0 Å². The lowest BCUT2D eigenvalue weighted by Crippen LogP contribution is -2.47. The van der Waals surface area contributed by atoms with E-state index in [-0.39, 0.29) is 5.54 Å². The molecule has 0 spiro atoms. The molecule has 5 nitrogen and oxygen atoms in total. The van der Waals surface area contributed by atoms with Crippen LogP contribution in [0.4, 0.5) is 0 Å². The summed E-state index contributed by atoms with van der Waals surface area (Å²) in [6.07, 6.45) is 4.72. The molecule has 21 heavy (non-hydrogen) atoms. The van der Waals surface area contributed by atoms with Crippen molar-refractivity contribution in [1.82, 2.24) is 20.6 Å². The minimum atomic E-state index is 0.00566. The highest BCUT2D eigenvalue weighted by Crippen LogP contribution is 2.15. The Morgan fingerprint density at radius 1 is 1.38 bits per heavy atom. The van der Waals surface area contributed by atoms with Gasteiger partial charge in [-0.1, -0.05) is 0 Å². The predicted molar refractivity (Wildman–Crippen MR) is 88.7 cm³/mol. The summed E-state index contributed by atoms with van der Waals surface area (Å²) in [5.41, 5.74) is 2.20. The third-order valence-electron chi connectivity index (χ3n) is 3.03. The van der Waals surface area contributed by atoms with Crippen molar-refractivity contribution in [2.45, 2.75) is 39.7 Å². The molecule has 2 aromatic rings. The van der Waals surface area contributed by atoms with Crippen molar-refractivity contribution in [3.05, 3.63) is 30.1 Å². The molecular weight excluding hydrogens is 262 g/mol. The van der Waals surface area contributed by atoms with Crippen LogP contribution in [-0.4, -0.2) is 34.6 Å². The van der Waals surface area contributed by atoms with Crippen molar-refractivity contribution < 1.29 is 0 Å². The summed E-state index contributed by atoms with van der Waals surface area (Å²) in [4.78, 5) is 12.1. The lowest BCUT2D eigenvalue weighted by molar-refractivity contribution is 0.501. The fourth-order valence-electron chi connectivity index (χ4n) is 2.17. The third kappa shape index (κ3) is 4.48. The minimum absolute atomic E-state index is 0.00566. The number of aromatic amines is 1. The average Bonchev–Trinajstić information content (AvgIpc) is 2.81. The van der Waals surface area contributed by atoms with E-state index in [4.69, 9.17) is 0 Å². The van der Waals surface area contributed by atoms with Gasteiger partial charge in [0, 0.05) is 36.4 Å². The van der Waals surface area contributed by atoms with Crippen LogP contribution in [0.1, 0.15) is 33.3 Å². The maximum atomic E-state index is 4.64. The molecule has 5 heteroatoms. The minimum Gasteiger partial charge on any atom is -0.357 e. The normalized spacial score (nSPS) is 12.7. The number of H-pyrrole nitrogens is 1. The molecule has 114 valence electrons. The van der Waals surface area contributed by atoms with Crippen molar-refractivity contribution in [2.75, 3.05) is 13.1 Å². The summed E-state index contributed by atoms with van der Waals surface area (Å²) in [6.45, 7) is 10.1. The summed E-state index contributed by atoms with van der Waals surface area (Å²) in [5, 5.41) is 7.85. The Labute approximate surface area is 126 Å². The zero-order valence-corrected chi connectivity index (χ0v) is 13.3. The van der Waals surface area contributed by atoms with Gasteiger partial charge in [0.15, 0.2) is 5.96 Å². The first-order valence-electron chi connectivity index (χ1n) is 7.47. The molecule has 3 N–H and O–H groups in total. The number of nitrogens with zero attached hydrogens (tertiary/aromatic N) is 2. The number of pyridine rings is 1. The van der Waals surface area contributed by atoms with E-state index in [1.54, 1.807) is 6.20 Å². The molecule has 0 atom stereocenters. The standard InChI is InChI=1S/C16H25N5/c1-5-17-15(21-16(2,3)4)19-10-8-12-11-20-14-13(12)7-6-9-18-14/h6-7,9,11H,5,8,10H2,1-4H3,(H,18,20)(H2,17,19,21). The second-order valence-corrected chi connectivity index (χ2v) is 6.10. The van der Waals surface area contributed by atoms with Gasteiger partial charge in [-0.05, 0) is 51.8 Å². The predicted octanol–water partition coefficient (Wildman–Crippen LogP) is 2.46. The van der Waals surface area contributed by atoms with Crippen molar-refractivity contribution in [1.29, 1.82) is 0 Å². The van der Waals surface area contributed by atoms with Gasteiger partial charge < -0.3 is 15.6 Å². The van der Waals surface area contributed by atoms with Crippen LogP contribution in [0, 0.1) is 0 Å². The van der Waals surface area contributed by atoms with Gasteiger partial charge in [-0.2, -0.15) is 0 Å². The monoisotopic (exact) mass is 287 g/mol. The summed E-state index contributed by atoms with van der Waals surface area (Å²) < 4.78 is 0. The largest absolute Gasteiger partial charge is 0.357 e. The molecule has 0 fully saturated rings. The van der Waals surface area contributed by atoms with E-state index >= 15 is 0 Å². The molecule has 0 saturated carbocycles. The zero-order chi connectivity index (χ0) is 15.3. The molecule has 0 aliphatic carbocycles. The molecule has 2 aromatic heterocycles. The van der Waals surface area contributed by atoms with Crippen LogP contribution >= 0.6 is 0 Å². The van der Waals surface area contributed by atoms with Gasteiger partial charge in [-0.25, -0.2) is 4.98 Å². The number of fused-ring (bicyclic) bond motifs is 1. The van der Waals surface area contributed by atoms with Crippen LogP contribution in [0.2, 0.25) is 0 Å². The number of guanidine groups is 1. The molecule has 0 saturated heterocycles. The lowest BCUT2D eigenvalue weighted by atomic mass is 10.1. The van der Waals surface area contributed by atoms with Gasteiger partial charge in [-0.3, -0.25) is 4.99 Å². The van der Waals surface area contributed by atoms with Crippen molar-refractivity contribution in [2.24, 2.45) is 4.99 Å². The van der Waals surface area contributed by atoms with Crippen molar-refractivity contribution in [3.63, 3.8) is 0 Å². The topological polar surface area (TPSA) is 65.1 Å². The maximum absolute atomic E-state index is 4.64. The van der Waals surface area contributed by atoms with Crippen LogP contribution in [0.5, 0.6) is 0 Å². The number of aliphatic imine (C=N–C) groups is 1. The van der Waals surface area contributed by atoms with E-state index in [9.17, 15) is 0 Å². The van der Waals surface area contributed by atoms with E-state index in [0.717, 1.165) is 31.1 Å². The van der Waals surface area contributed by atoms with Gasteiger partial charge in [0.05, 0.1) is 0 Å². The summed E-state index contributed by atoms with van der Waals surface area (Å²) in [5.74, 6) is 0.864. The first-order chi connectivity index (χ1) is 9.99. The van der Waals surface area contributed by atoms with E-state index < -0.39 is 0 Å². The van der Waals surface area contributed by atoms with E-state index in [1.807, 2.05) is 12.3 Å². The Morgan fingerprint density at radius 3 is 2.90 bits per heavy atom. The summed E-state index contributed by atoms with van der Waals surface area (Å²) in [6, 6.07) is 4.06. The molecule has 0 aromatic carbocycles. The molecule has 0 bridgehead atoms. The van der Waals surface area contributed by atoms with E-state index in [2.05, 4.69) is 59.4 Å². The number of nitrogens with one attached hydrogen (secondary N) is 3. The van der Waals surface area contributed by atoms with Crippen molar-refractivity contribution >= 4 is 17.0 Å². The van der Waals surface area contributed by atoms with Crippen molar-refractivity contribution in [3.8, 4) is 0 Å². The molecule has 0 amide bonds. The maximum Gasteiger partial charge on any atom is 0.191 e. The van der Waals surface area contributed by atoms with Crippen LogP contribution in [-0.2, 0) is 6.42 Å². The molecule has 0 unspecified atom stereocenters. The van der Waals surface area contributed by atoms with Crippen LogP contribution < -0.4 is 10.6 Å². The Bertz CT molecular complexity index is 606. The van der Waals surface area contributed by atoms with Gasteiger partial charge in [0.2, 0.25) is 0 Å². The third-order valence-corrected chi connectivity index (χ3v) is 3.03. The fraction of sp³-hybridized carbons (Fsp3) is 0.500. The lowest BCUT2D eigenvalue weighted by Gasteiger charge is -2.23. The van der Waals surface area contributed by atoms with E-state index in [0.29, 0.717) is 0 Å². The highest BCUT2D eigenvalue weighted by atomic mass is 15.2. The summed E-state index contributed by atoms with van der Waals surface area (Å²) in [7, 11) is 0. The van der Waals surface area contributed by atoms with Crippen LogP contribution in [0.3, 0.4) is 0 Å². The molecule has 0 radical (unpaired) electrons. The first kappa shape index (κ1) is 15.4. The molecule has 0 aliphatic rings. The molecule has 2 heterocycles. The molecule has 0 aliphatic heterocycles. The average molecular weight is 287 g/mol. The molecule has 2 rings (SSSR count). The summed E-state index contributed by atoms with van der Waals surface area (Å²) >= 11 is 0. The first-order valence-corrected chi connectivity index (χ1v) is 7.47. The van der Waals surface area contributed by atoms with Gasteiger partial charge in [-0.15, -0.1) is 0 Å². The Hall–Kier alpha value is -2.04. The Balaban J connectivity index is 2.02. The van der Waals surface area contributed by atoms with Gasteiger partial charge >= 0.3 is 0 Å². The van der Waals surface area contributed by atoms with Crippen LogP contribution in [0.15, 0.2) is 29.5 Å². The van der Waals surface area contributed by atoms with Crippen LogP contribution in [0.25, 0.3) is 11.0 Å². The quantitative estimate of drug-likeness (QED) is 0.598. The fourth-order valence-corrected chi connectivity index (χ4v) is 2.17. The highest BCUT2D eigenvalue weighted by molar-refractivity contribution is 5.81. The smallest absolute Gasteiger partial charge is 0.191 e. The number of hydrogen-bond acceptors (Lipinski definition) is 2. The SMILES string of the molecule is CCNC(=NCCc1c[nH]c2ncccc12)NC(C)(C)C. The number of aromatic nitrogens is 2. The number of rotatable bonds is 4. The highest BCUT2D eigenvalue weighted by Gasteiger charge is 2.11.